The van der Waals surface area contributed by atoms with Gasteiger partial charge in [-0.3, -0.25) is 9.36 Å². The molecule has 0 N–H and O–H groups in total. The van der Waals surface area contributed by atoms with Crippen LogP contribution in [0.2, 0.25) is 5.02 Å². The summed E-state index contributed by atoms with van der Waals surface area (Å²) in [5.41, 5.74) is 1.73. The molecular formula is C21H20ClN3O2S. The zero-order valence-corrected chi connectivity index (χ0v) is 17.0. The largest absolute Gasteiger partial charge is 0.496 e. The van der Waals surface area contributed by atoms with Gasteiger partial charge in [0.05, 0.1) is 17.9 Å². The smallest absolute Gasteiger partial charge is 0.196 e. The van der Waals surface area contributed by atoms with E-state index in [0.717, 1.165) is 36.3 Å². The number of aromatic nitrogens is 3. The monoisotopic (exact) mass is 413 g/mol. The van der Waals surface area contributed by atoms with Gasteiger partial charge in [-0.1, -0.05) is 41.9 Å². The highest BCUT2D eigenvalue weighted by atomic mass is 35.5. The van der Waals surface area contributed by atoms with Crippen molar-refractivity contribution in [3.05, 3.63) is 53.6 Å². The third-order valence-electron chi connectivity index (χ3n) is 4.81. The zero-order valence-electron chi connectivity index (χ0n) is 15.5. The molecule has 1 heterocycles. The standard InChI is InChI=1S/C21H20ClN3O2S/c1-27-18-8-4-2-6-16(18)20-23-24-21(28-19-9-5-3-7-17(19)26)25(20)15-12-10-14(22)11-13-15/h2,4,6,8,10-13,19H,3,5,7,9H2,1H3/t19-/m0/s1. The van der Waals surface area contributed by atoms with Gasteiger partial charge in [-0.05, 0) is 49.2 Å². The van der Waals surface area contributed by atoms with Crippen molar-refractivity contribution in [3.8, 4) is 22.8 Å². The second kappa shape index (κ2) is 8.37. The summed E-state index contributed by atoms with van der Waals surface area (Å²) >= 11 is 7.57. The minimum Gasteiger partial charge on any atom is -0.496 e. The molecule has 0 aliphatic heterocycles. The van der Waals surface area contributed by atoms with Gasteiger partial charge in [0.2, 0.25) is 0 Å². The molecular weight excluding hydrogens is 394 g/mol. The van der Waals surface area contributed by atoms with Crippen molar-refractivity contribution in [3.63, 3.8) is 0 Å². The Labute approximate surface area is 173 Å². The number of carbonyl (C=O) groups excluding carboxylic acids is 1. The van der Waals surface area contributed by atoms with E-state index in [-0.39, 0.29) is 5.25 Å². The Morgan fingerprint density at radius 2 is 1.89 bits per heavy atom. The first-order chi connectivity index (χ1) is 13.7. The molecule has 4 rings (SSSR count). The Morgan fingerprint density at radius 3 is 2.64 bits per heavy atom. The maximum atomic E-state index is 12.4. The number of hydrogen-bond donors (Lipinski definition) is 0. The Bertz CT molecular complexity index is 988. The van der Waals surface area contributed by atoms with Crippen LogP contribution in [0.1, 0.15) is 25.7 Å². The number of hydrogen-bond acceptors (Lipinski definition) is 5. The highest BCUT2D eigenvalue weighted by Crippen LogP contribution is 2.36. The van der Waals surface area contributed by atoms with Crippen LogP contribution in [0.3, 0.4) is 0 Å². The summed E-state index contributed by atoms with van der Waals surface area (Å²) in [5, 5.41) is 10.2. The summed E-state index contributed by atoms with van der Waals surface area (Å²) in [4.78, 5) is 12.4. The molecule has 0 amide bonds. The Balaban J connectivity index is 1.81. The molecule has 1 saturated carbocycles. The highest BCUT2D eigenvalue weighted by Gasteiger charge is 2.27. The maximum Gasteiger partial charge on any atom is 0.196 e. The van der Waals surface area contributed by atoms with Gasteiger partial charge < -0.3 is 4.74 Å². The summed E-state index contributed by atoms with van der Waals surface area (Å²) in [7, 11) is 1.64. The first kappa shape index (κ1) is 19.0. The Morgan fingerprint density at radius 1 is 1.11 bits per heavy atom. The lowest BCUT2D eigenvalue weighted by atomic mass is 9.99. The Hall–Kier alpha value is -2.31. The second-order valence-corrected chi connectivity index (χ2v) is 8.24. The second-order valence-electron chi connectivity index (χ2n) is 6.64. The highest BCUT2D eigenvalue weighted by molar-refractivity contribution is 8.00. The molecule has 0 unspecified atom stereocenters. The van der Waals surface area contributed by atoms with Crippen LogP contribution in [0.15, 0.2) is 53.7 Å². The van der Waals surface area contributed by atoms with Gasteiger partial charge in [-0.15, -0.1) is 10.2 Å². The molecule has 7 heteroatoms. The van der Waals surface area contributed by atoms with Gasteiger partial charge >= 0.3 is 0 Å². The molecule has 0 spiro atoms. The number of carbonyl (C=O) groups is 1. The van der Waals surface area contributed by atoms with Crippen molar-refractivity contribution in [2.75, 3.05) is 7.11 Å². The Kier molecular flexibility index (Phi) is 5.69. The lowest BCUT2D eigenvalue weighted by Crippen LogP contribution is -2.21. The van der Waals surface area contributed by atoms with Gasteiger partial charge in [0.25, 0.3) is 0 Å². The molecule has 1 fully saturated rings. The predicted octanol–water partition coefficient (Wildman–Crippen LogP) is 5.20. The van der Waals surface area contributed by atoms with E-state index in [0.29, 0.717) is 28.2 Å². The lowest BCUT2D eigenvalue weighted by molar-refractivity contribution is -0.119. The fourth-order valence-electron chi connectivity index (χ4n) is 3.38. The van der Waals surface area contributed by atoms with Crippen LogP contribution in [0.5, 0.6) is 5.75 Å². The molecule has 5 nitrogen and oxygen atoms in total. The molecule has 2 aromatic carbocycles. The number of halogens is 1. The molecule has 0 bridgehead atoms. The average molecular weight is 414 g/mol. The summed E-state index contributed by atoms with van der Waals surface area (Å²) in [5.74, 6) is 1.68. The van der Waals surface area contributed by atoms with Crippen LogP contribution in [0, 0.1) is 0 Å². The normalized spacial score (nSPS) is 16.9. The van der Waals surface area contributed by atoms with E-state index in [1.807, 2.05) is 53.1 Å². The number of methoxy groups -OCH3 is 1. The van der Waals surface area contributed by atoms with E-state index in [2.05, 4.69) is 10.2 Å². The topological polar surface area (TPSA) is 57.0 Å². The third kappa shape index (κ3) is 3.80. The fourth-order valence-corrected chi connectivity index (χ4v) is 4.68. The average Bonchev–Trinajstić information content (AvgIpc) is 3.13. The van der Waals surface area contributed by atoms with Crippen LogP contribution in [0.4, 0.5) is 0 Å². The minimum absolute atomic E-state index is 0.0745. The molecule has 1 aliphatic carbocycles. The van der Waals surface area contributed by atoms with E-state index in [4.69, 9.17) is 16.3 Å². The molecule has 1 aromatic heterocycles. The van der Waals surface area contributed by atoms with Crippen molar-refractivity contribution in [2.24, 2.45) is 0 Å². The van der Waals surface area contributed by atoms with Crippen LogP contribution >= 0.6 is 23.4 Å². The molecule has 28 heavy (non-hydrogen) atoms. The lowest BCUT2D eigenvalue weighted by Gasteiger charge is -2.20. The predicted molar refractivity (Wildman–Crippen MR) is 111 cm³/mol. The number of ether oxygens (including phenoxy) is 1. The van der Waals surface area contributed by atoms with Crippen molar-refractivity contribution in [1.82, 2.24) is 14.8 Å². The van der Waals surface area contributed by atoms with Crippen molar-refractivity contribution in [2.45, 2.75) is 36.1 Å². The van der Waals surface area contributed by atoms with E-state index in [9.17, 15) is 4.79 Å². The first-order valence-corrected chi connectivity index (χ1v) is 10.5. The molecule has 0 saturated heterocycles. The number of Topliss-reactive ketones (excluding diaryl/α,β-unsaturated/α-hetero) is 1. The number of ketones is 1. The van der Waals surface area contributed by atoms with E-state index < -0.39 is 0 Å². The SMILES string of the molecule is COc1ccccc1-c1nnc(S[C@H]2CCCCC2=O)n1-c1ccc(Cl)cc1. The van der Waals surface area contributed by atoms with E-state index in [1.54, 1.807) is 7.11 Å². The zero-order chi connectivity index (χ0) is 19.5. The molecule has 3 aromatic rings. The number of nitrogens with zero attached hydrogens (tertiary/aromatic N) is 3. The number of benzene rings is 2. The third-order valence-corrected chi connectivity index (χ3v) is 6.32. The van der Waals surface area contributed by atoms with Crippen LogP contribution in [0.25, 0.3) is 17.1 Å². The number of thioether (sulfide) groups is 1. The quantitative estimate of drug-likeness (QED) is 0.575. The van der Waals surface area contributed by atoms with Crippen LogP contribution in [-0.4, -0.2) is 32.9 Å². The van der Waals surface area contributed by atoms with Gasteiger partial charge in [0.15, 0.2) is 11.0 Å². The summed E-state index contributed by atoms with van der Waals surface area (Å²) < 4.78 is 7.50. The van der Waals surface area contributed by atoms with Gasteiger partial charge in [0.1, 0.15) is 11.5 Å². The first-order valence-electron chi connectivity index (χ1n) is 9.21. The van der Waals surface area contributed by atoms with E-state index in [1.165, 1.54) is 11.8 Å². The summed E-state index contributed by atoms with van der Waals surface area (Å²) in [6.45, 7) is 0. The van der Waals surface area contributed by atoms with Crippen molar-refractivity contribution >= 4 is 29.1 Å². The summed E-state index contributed by atoms with van der Waals surface area (Å²) in [6.07, 6.45) is 3.57. The van der Waals surface area contributed by atoms with Gasteiger partial charge in [0, 0.05) is 17.1 Å². The maximum absolute atomic E-state index is 12.4. The van der Waals surface area contributed by atoms with Crippen LogP contribution in [-0.2, 0) is 4.79 Å². The minimum atomic E-state index is -0.0745. The molecule has 1 aliphatic rings. The van der Waals surface area contributed by atoms with Crippen molar-refractivity contribution < 1.29 is 9.53 Å². The van der Waals surface area contributed by atoms with E-state index >= 15 is 0 Å². The number of para-hydroxylation sites is 1. The molecule has 1 atom stereocenters. The van der Waals surface area contributed by atoms with Crippen LogP contribution < -0.4 is 4.74 Å². The van der Waals surface area contributed by atoms with Gasteiger partial charge in [-0.25, -0.2) is 0 Å². The molecule has 144 valence electrons. The molecule has 0 radical (unpaired) electrons. The number of rotatable bonds is 5. The van der Waals surface area contributed by atoms with Crippen molar-refractivity contribution in [1.29, 1.82) is 0 Å². The van der Waals surface area contributed by atoms with Gasteiger partial charge in [-0.2, -0.15) is 0 Å². The fraction of sp³-hybridized carbons (Fsp3) is 0.286. The summed E-state index contributed by atoms with van der Waals surface area (Å²) in [6, 6.07) is 15.2.